The van der Waals surface area contributed by atoms with Gasteiger partial charge in [0.15, 0.2) is 0 Å². The molecule has 4 rings (SSSR count). The topological polar surface area (TPSA) is 12.9 Å². The van der Waals surface area contributed by atoms with E-state index in [1.807, 2.05) is 11.3 Å². The third-order valence-corrected chi connectivity index (χ3v) is 5.85. The van der Waals surface area contributed by atoms with Gasteiger partial charge in [-0.3, -0.25) is 0 Å². The second kappa shape index (κ2) is 5.12. The fourth-order valence-corrected chi connectivity index (χ4v) is 4.28. The summed E-state index contributed by atoms with van der Waals surface area (Å²) in [6.07, 6.45) is 8.61. The second-order valence-corrected chi connectivity index (χ2v) is 7.49. The molecule has 102 valence electrons. The molecule has 1 nitrogen and oxygen atoms in total. The van der Waals surface area contributed by atoms with Gasteiger partial charge in [0.1, 0.15) is 5.01 Å². The molecule has 0 N–H and O–H groups in total. The van der Waals surface area contributed by atoms with Gasteiger partial charge in [-0.05, 0) is 60.6 Å². The van der Waals surface area contributed by atoms with E-state index in [1.165, 1.54) is 46.7 Å². The predicted molar refractivity (Wildman–Crippen MR) is 89.0 cm³/mol. The molecular weight excluding hydrogens is 330 g/mol. The first-order chi connectivity index (χ1) is 9.79. The molecule has 1 heterocycles. The molecular formula is C17H16BrNS. The van der Waals surface area contributed by atoms with Gasteiger partial charge >= 0.3 is 0 Å². The first-order valence-corrected chi connectivity index (χ1v) is 8.92. The smallest absolute Gasteiger partial charge is 0.119 e. The van der Waals surface area contributed by atoms with Crippen molar-refractivity contribution in [2.24, 2.45) is 0 Å². The van der Waals surface area contributed by atoms with Crippen molar-refractivity contribution in [2.75, 3.05) is 0 Å². The Morgan fingerprint density at radius 2 is 2.10 bits per heavy atom. The van der Waals surface area contributed by atoms with Gasteiger partial charge in [0.2, 0.25) is 0 Å². The minimum absolute atomic E-state index is 0.741. The Labute approximate surface area is 131 Å². The van der Waals surface area contributed by atoms with Gasteiger partial charge in [0.05, 0.1) is 5.69 Å². The standard InChI is InChI=1S/C17H16BrNS/c18-15-7-6-11-4-5-13(8-14(11)9-15)17-19-16(10-20-17)12-2-1-3-12/h6-10,12H,1-5H2. The Morgan fingerprint density at radius 3 is 2.90 bits per heavy atom. The van der Waals surface area contributed by atoms with Crippen molar-refractivity contribution in [2.45, 2.75) is 38.0 Å². The van der Waals surface area contributed by atoms with Crippen molar-refractivity contribution in [3.8, 4) is 0 Å². The summed E-state index contributed by atoms with van der Waals surface area (Å²) in [7, 11) is 0. The number of thiazole rings is 1. The number of halogens is 1. The molecule has 0 saturated heterocycles. The zero-order chi connectivity index (χ0) is 13.5. The molecule has 0 amide bonds. The highest BCUT2D eigenvalue weighted by Crippen LogP contribution is 2.39. The van der Waals surface area contributed by atoms with Gasteiger partial charge in [0.25, 0.3) is 0 Å². The van der Waals surface area contributed by atoms with Crippen molar-refractivity contribution in [1.29, 1.82) is 0 Å². The lowest BCUT2D eigenvalue weighted by Crippen LogP contribution is -2.09. The number of nitrogens with zero attached hydrogens (tertiary/aromatic N) is 1. The number of rotatable bonds is 2. The van der Waals surface area contributed by atoms with Crippen LogP contribution >= 0.6 is 27.3 Å². The van der Waals surface area contributed by atoms with Crippen LogP contribution in [0.15, 0.2) is 28.1 Å². The molecule has 0 atom stereocenters. The first kappa shape index (κ1) is 12.8. The fourth-order valence-electron chi connectivity index (χ4n) is 2.95. The molecule has 2 aliphatic carbocycles. The van der Waals surface area contributed by atoms with E-state index in [4.69, 9.17) is 4.98 Å². The fraction of sp³-hybridized carbons (Fsp3) is 0.353. The summed E-state index contributed by atoms with van der Waals surface area (Å²) in [5.74, 6) is 0.741. The highest BCUT2D eigenvalue weighted by molar-refractivity contribution is 9.10. The van der Waals surface area contributed by atoms with Gasteiger partial charge in [-0.15, -0.1) is 11.3 Å². The quantitative estimate of drug-likeness (QED) is 0.684. The molecule has 1 saturated carbocycles. The minimum atomic E-state index is 0.741. The Bertz CT molecular complexity index is 682. The summed E-state index contributed by atoms with van der Waals surface area (Å²) >= 11 is 5.39. The van der Waals surface area contributed by atoms with Crippen LogP contribution in [-0.4, -0.2) is 4.98 Å². The van der Waals surface area contributed by atoms with E-state index < -0.39 is 0 Å². The molecule has 1 fully saturated rings. The normalized spacial score (nSPS) is 18.4. The maximum Gasteiger partial charge on any atom is 0.119 e. The van der Waals surface area contributed by atoms with E-state index in [0.29, 0.717) is 0 Å². The summed E-state index contributed by atoms with van der Waals surface area (Å²) in [5, 5.41) is 3.51. The first-order valence-electron chi connectivity index (χ1n) is 7.24. The molecule has 0 bridgehead atoms. The zero-order valence-electron chi connectivity index (χ0n) is 11.2. The lowest BCUT2D eigenvalue weighted by atomic mass is 9.83. The summed E-state index contributed by atoms with van der Waals surface area (Å²) in [6, 6.07) is 6.58. The van der Waals surface area contributed by atoms with Crippen molar-refractivity contribution in [3.05, 3.63) is 49.9 Å². The number of fused-ring (bicyclic) bond motifs is 1. The van der Waals surface area contributed by atoms with Crippen LogP contribution in [0.1, 0.15) is 53.4 Å². The Morgan fingerprint density at radius 1 is 1.20 bits per heavy atom. The summed E-state index contributed by atoms with van der Waals surface area (Å²) in [4.78, 5) is 4.89. The van der Waals surface area contributed by atoms with Crippen LogP contribution in [0.2, 0.25) is 0 Å². The van der Waals surface area contributed by atoms with Crippen molar-refractivity contribution in [1.82, 2.24) is 4.98 Å². The van der Waals surface area contributed by atoms with E-state index in [0.717, 1.165) is 23.2 Å². The van der Waals surface area contributed by atoms with Gasteiger partial charge in [-0.25, -0.2) is 4.98 Å². The number of hydrogen-bond donors (Lipinski definition) is 0. The molecule has 0 unspecified atom stereocenters. The predicted octanol–water partition coefficient (Wildman–Crippen LogP) is 5.66. The van der Waals surface area contributed by atoms with E-state index in [1.54, 1.807) is 0 Å². The number of aromatic nitrogens is 1. The average Bonchev–Trinajstić information content (AvgIpc) is 2.85. The molecule has 0 aliphatic heterocycles. The molecule has 0 spiro atoms. The highest BCUT2D eigenvalue weighted by atomic mass is 79.9. The summed E-state index contributed by atoms with van der Waals surface area (Å²) < 4.78 is 1.16. The average molecular weight is 346 g/mol. The van der Waals surface area contributed by atoms with E-state index in [9.17, 15) is 0 Å². The Kier molecular flexibility index (Phi) is 3.27. The van der Waals surface area contributed by atoms with Crippen LogP contribution in [0.3, 0.4) is 0 Å². The van der Waals surface area contributed by atoms with Crippen molar-refractivity contribution >= 4 is 38.9 Å². The van der Waals surface area contributed by atoms with Gasteiger partial charge < -0.3 is 0 Å². The van der Waals surface area contributed by atoms with Gasteiger partial charge in [0, 0.05) is 15.8 Å². The number of allylic oxidation sites excluding steroid dienone is 1. The molecule has 2 aliphatic rings. The molecule has 2 aromatic rings. The zero-order valence-corrected chi connectivity index (χ0v) is 13.6. The van der Waals surface area contributed by atoms with E-state index in [2.05, 4.69) is 45.6 Å². The third-order valence-electron chi connectivity index (χ3n) is 4.42. The van der Waals surface area contributed by atoms with E-state index in [-0.39, 0.29) is 0 Å². The summed E-state index contributed by atoms with van der Waals surface area (Å²) in [6.45, 7) is 0. The SMILES string of the molecule is Brc1ccc2c(c1)C=C(c1nc(C3CCC3)cs1)CC2. The van der Waals surface area contributed by atoms with Gasteiger partial charge in [-0.2, -0.15) is 0 Å². The van der Waals surface area contributed by atoms with Crippen molar-refractivity contribution < 1.29 is 0 Å². The molecule has 0 radical (unpaired) electrons. The molecule has 20 heavy (non-hydrogen) atoms. The second-order valence-electron chi connectivity index (χ2n) is 5.72. The van der Waals surface area contributed by atoms with Crippen LogP contribution in [-0.2, 0) is 6.42 Å². The third kappa shape index (κ3) is 2.27. The van der Waals surface area contributed by atoms with Crippen molar-refractivity contribution in [3.63, 3.8) is 0 Å². The van der Waals surface area contributed by atoms with Gasteiger partial charge in [-0.1, -0.05) is 28.4 Å². The molecule has 1 aromatic carbocycles. The molecule has 3 heteroatoms. The highest BCUT2D eigenvalue weighted by Gasteiger charge is 2.23. The van der Waals surface area contributed by atoms with Crippen LogP contribution in [0.4, 0.5) is 0 Å². The van der Waals surface area contributed by atoms with Crippen LogP contribution < -0.4 is 0 Å². The van der Waals surface area contributed by atoms with Crippen LogP contribution in [0.5, 0.6) is 0 Å². The Hall–Kier alpha value is -0.930. The van der Waals surface area contributed by atoms with Crippen LogP contribution in [0.25, 0.3) is 11.6 Å². The largest absolute Gasteiger partial charge is 0.241 e. The van der Waals surface area contributed by atoms with E-state index >= 15 is 0 Å². The number of benzene rings is 1. The maximum absolute atomic E-state index is 4.89. The number of hydrogen-bond acceptors (Lipinski definition) is 2. The monoisotopic (exact) mass is 345 g/mol. The Balaban J connectivity index is 1.67. The summed E-state index contributed by atoms with van der Waals surface area (Å²) in [5.41, 5.74) is 5.54. The molecule has 1 aromatic heterocycles. The maximum atomic E-state index is 4.89. The number of aryl methyl sites for hydroxylation is 1. The lowest BCUT2D eigenvalue weighted by Gasteiger charge is -2.23. The minimum Gasteiger partial charge on any atom is -0.241 e. The van der Waals surface area contributed by atoms with Crippen LogP contribution in [0, 0.1) is 0 Å². The lowest BCUT2D eigenvalue weighted by molar-refractivity contribution is 0.412.